The van der Waals surface area contributed by atoms with Crippen molar-refractivity contribution in [3.8, 4) is 0 Å². The monoisotopic (exact) mass is 473 g/mol. The number of rotatable bonds is 9. The van der Waals surface area contributed by atoms with Crippen LogP contribution in [-0.4, -0.2) is 43.5 Å². The molecule has 0 aliphatic rings. The van der Waals surface area contributed by atoms with Gasteiger partial charge in [0.2, 0.25) is 17.7 Å². The van der Waals surface area contributed by atoms with E-state index in [0.717, 1.165) is 29.5 Å². The van der Waals surface area contributed by atoms with Crippen molar-refractivity contribution in [3.63, 3.8) is 0 Å². The number of benzene rings is 1. The van der Waals surface area contributed by atoms with E-state index in [1.807, 2.05) is 24.3 Å². The van der Waals surface area contributed by atoms with Gasteiger partial charge in [0.05, 0.1) is 6.67 Å². The zero-order valence-corrected chi connectivity index (χ0v) is 19.5. The molecule has 1 aromatic rings. The van der Waals surface area contributed by atoms with E-state index >= 15 is 0 Å². The van der Waals surface area contributed by atoms with Crippen molar-refractivity contribution in [3.05, 3.63) is 86.5 Å². The van der Waals surface area contributed by atoms with Gasteiger partial charge in [-0.2, -0.15) is 0 Å². The Balaban J connectivity index is -0.000000388. The molecule has 3 amide bonds. The van der Waals surface area contributed by atoms with E-state index in [2.05, 4.69) is 54.0 Å². The first-order chi connectivity index (χ1) is 16.0. The second kappa shape index (κ2) is 23.2. The Morgan fingerprint density at radius 2 is 1.38 bits per heavy atom. The van der Waals surface area contributed by atoms with Crippen LogP contribution < -0.4 is 27.8 Å². The van der Waals surface area contributed by atoms with Gasteiger partial charge in [-0.15, -0.1) is 0 Å². The van der Waals surface area contributed by atoms with Crippen molar-refractivity contribution in [2.45, 2.75) is 6.92 Å². The lowest BCUT2D eigenvalue weighted by Gasteiger charge is -2.01. The highest BCUT2D eigenvalue weighted by atomic mass is 16.5. The van der Waals surface area contributed by atoms with E-state index in [4.69, 9.17) is 11.5 Å². The SMILES string of the molecule is C=C(C)C(=O)OCCN.C=CC(=O)NCNC(=O)C=C.C=CC(N)=O.C=Cc1ccc(N)cc1. The highest BCUT2D eigenvalue weighted by Gasteiger charge is 1.99. The summed E-state index contributed by atoms with van der Waals surface area (Å²) in [5.74, 6) is -1.51. The molecule has 0 spiro atoms. The van der Waals surface area contributed by atoms with Crippen LogP contribution in [0.2, 0.25) is 0 Å². The first-order valence-corrected chi connectivity index (χ1v) is 9.71. The number of amides is 3. The lowest BCUT2D eigenvalue weighted by atomic mass is 10.2. The number of primary amides is 1. The largest absolute Gasteiger partial charge is 0.461 e. The molecule has 0 unspecified atom stereocenters. The summed E-state index contributed by atoms with van der Waals surface area (Å²) in [5.41, 5.74) is 17.4. The van der Waals surface area contributed by atoms with E-state index in [0.29, 0.717) is 12.1 Å². The predicted octanol–water partition coefficient (Wildman–Crippen LogP) is 1.18. The van der Waals surface area contributed by atoms with Crippen LogP contribution in [0.25, 0.3) is 6.08 Å². The van der Waals surface area contributed by atoms with Gasteiger partial charge in [-0.3, -0.25) is 14.4 Å². The molecule has 0 aliphatic heterocycles. The Labute approximate surface area is 200 Å². The molecular weight excluding hydrogens is 438 g/mol. The second-order valence-corrected chi connectivity index (χ2v) is 5.85. The molecule has 10 heteroatoms. The summed E-state index contributed by atoms with van der Waals surface area (Å²) in [6, 6.07) is 7.58. The molecule has 0 heterocycles. The second-order valence-electron chi connectivity index (χ2n) is 5.85. The fraction of sp³-hybridized carbons (Fsp3) is 0.167. The minimum Gasteiger partial charge on any atom is -0.461 e. The molecule has 0 radical (unpaired) electrons. The molecule has 0 aromatic heterocycles. The smallest absolute Gasteiger partial charge is 0.333 e. The van der Waals surface area contributed by atoms with Gasteiger partial charge in [-0.1, -0.05) is 51.1 Å². The summed E-state index contributed by atoms with van der Waals surface area (Å²) in [7, 11) is 0. The Kier molecular flexibility index (Phi) is 23.4. The third-order valence-corrected chi connectivity index (χ3v) is 2.97. The number of nitrogens with two attached hydrogens (primary N) is 3. The van der Waals surface area contributed by atoms with Crippen molar-refractivity contribution < 1.29 is 23.9 Å². The number of anilines is 1. The Morgan fingerprint density at radius 1 is 0.941 bits per heavy atom. The van der Waals surface area contributed by atoms with E-state index in [1.54, 1.807) is 13.0 Å². The van der Waals surface area contributed by atoms with Crippen LogP contribution in [0, 0.1) is 0 Å². The molecule has 10 nitrogen and oxygen atoms in total. The summed E-state index contributed by atoms with van der Waals surface area (Å²) >= 11 is 0. The normalized spacial score (nSPS) is 8.18. The van der Waals surface area contributed by atoms with Crippen LogP contribution in [0.4, 0.5) is 5.69 Å². The fourth-order valence-electron chi connectivity index (χ4n) is 1.27. The zero-order chi connectivity index (χ0) is 26.9. The molecule has 0 aliphatic carbocycles. The first-order valence-electron chi connectivity index (χ1n) is 9.71. The molecule has 186 valence electrons. The van der Waals surface area contributed by atoms with Gasteiger partial charge in [0, 0.05) is 17.8 Å². The Bertz CT molecular complexity index is 813. The van der Waals surface area contributed by atoms with E-state index in [-0.39, 0.29) is 31.1 Å². The number of esters is 1. The first kappa shape index (κ1) is 34.2. The minimum absolute atomic E-state index is 0.0930. The van der Waals surface area contributed by atoms with Crippen LogP contribution >= 0.6 is 0 Å². The van der Waals surface area contributed by atoms with Gasteiger partial charge in [0.15, 0.2) is 0 Å². The van der Waals surface area contributed by atoms with E-state index in [1.165, 1.54) is 0 Å². The van der Waals surface area contributed by atoms with Crippen LogP contribution in [0.1, 0.15) is 12.5 Å². The summed E-state index contributed by atoms with van der Waals surface area (Å²) in [6.45, 7) is 18.9. The third kappa shape index (κ3) is 25.6. The molecule has 1 aromatic carbocycles. The number of hydrogen-bond acceptors (Lipinski definition) is 7. The molecule has 1 rings (SSSR count). The van der Waals surface area contributed by atoms with Crippen molar-refractivity contribution in [2.75, 3.05) is 25.6 Å². The summed E-state index contributed by atoms with van der Waals surface area (Å²) < 4.78 is 4.59. The molecule has 0 fully saturated rings. The van der Waals surface area contributed by atoms with Gasteiger partial charge < -0.3 is 32.6 Å². The maximum Gasteiger partial charge on any atom is 0.333 e. The molecule has 0 atom stereocenters. The molecule has 0 bridgehead atoms. The standard InChI is InChI=1S/C8H9N.C7H10N2O2.C6H11NO2.C3H5NO/c1-2-7-3-5-8(9)6-4-7;1-3-6(10)8-5-9-7(11)4-2;1-5(2)6(8)9-4-3-7;1-2-3(4)5/h2-6H,1,9H2;3-4H,1-2,5H2,(H,8,10)(H,9,11);1,3-4,7H2,2H3;2H,1H2,(H2,4,5). The third-order valence-electron chi connectivity index (χ3n) is 2.97. The number of hydrogen-bond donors (Lipinski definition) is 5. The number of carbonyl (C=O) groups excluding carboxylic acids is 4. The van der Waals surface area contributed by atoms with Crippen molar-refractivity contribution in [2.24, 2.45) is 11.5 Å². The summed E-state index contributed by atoms with van der Waals surface area (Å²) in [6.07, 6.45) is 5.10. The zero-order valence-electron chi connectivity index (χ0n) is 19.5. The quantitative estimate of drug-likeness (QED) is 0.154. The maximum absolute atomic E-state index is 10.5. The number of carbonyl (C=O) groups is 4. The highest BCUT2D eigenvalue weighted by molar-refractivity contribution is 5.89. The lowest BCUT2D eigenvalue weighted by molar-refractivity contribution is -0.138. The van der Waals surface area contributed by atoms with Gasteiger partial charge in [0.1, 0.15) is 6.61 Å². The molecule has 0 saturated heterocycles. The average molecular weight is 474 g/mol. The van der Waals surface area contributed by atoms with Gasteiger partial charge in [0.25, 0.3) is 0 Å². The van der Waals surface area contributed by atoms with Crippen LogP contribution in [0.15, 0.2) is 81.0 Å². The van der Waals surface area contributed by atoms with Crippen molar-refractivity contribution in [1.29, 1.82) is 0 Å². The summed E-state index contributed by atoms with van der Waals surface area (Å²) in [4.78, 5) is 40.9. The minimum atomic E-state index is -0.481. The molecule has 34 heavy (non-hydrogen) atoms. The van der Waals surface area contributed by atoms with E-state index < -0.39 is 5.91 Å². The molecule has 8 N–H and O–H groups in total. The highest BCUT2D eigenvalue weighted by Crippen LogP contribution is 2.05. The Hall–Kier alpha value is -4.44. The number of nitrogen functional groups attached to an aromatic ring is 1. The number of nitrogens with one attached hydrogen (secondary N) is 2. The maximum atomic E-state index is 10.5. The van der Waals surface area contributed by atoms with E-state index in [9.17, 15) is 19.2 Å². The topological polar surface area (TPSA) is 180 Å². The Morgan fingerprint density at radius 3 is 1.68 bits per heavy atom. The van der Waals surface area contributed by atoms with Gasteiger partial charge in [-0.25, -0.2) is 4.79 Å². The van der Waals surface area contributed by atoms with Gasteiger partial charge >= 0.3 is 5.97 Å². The van der Waals surface area contributed by atoms with Crippen LogP contribution in [0.5, 0.6) is 0 Å². The molecule has 0 saturated carbocycles. The number of ether oxygens (including phenoxy) is 1. The van der Waals surface area contributed by atoms with Crippen LogP contribution in [-0.2, 0) is 23.9 Å². The van der Waals surface area contributed by atoms with Gasteiger partial charge in [-0.05, 0) is 42.8 Å². The van der Waals surface area contributed by atoms with Crippen LogP contribution in [0.3, 0.4) is 0 Å². The predicted molar refractivity (Wildman–Crippen MR) is 137 cm³/mol. The summed E-state index contributed by atoms with van der Waals surface area (Å²) in [5, 5.41) is 4.72. The fourth-order valence-corrected chi connectivity index (χ4v) is 1.27. The van der Waals surface area contributed by atoms with Crippen molar-refractivity contribution >= 4 is 35.5 Å². The lowest BCUT2D eigenvalue weighted by Crippen LogP contribution is -2.35. The van der Waals surface area contributed by atoms with Crippen molar-refractivity contribution in [1.82, 2.24) is 10.6 Å². The molecular formula is C24H35N5O5. The average Bonchev–Trinajstić information content (AvgIpc) is 2.83.